The van der Waals surface area contributed by atoms with Crippen LogP contribution in [0.1, 0.15) is 87.1 Å². The largest absolute Gasteiger partial charge is 0.461 e. The summed E-state index contributed by atoms with van der Waals surface area (Å²) in [6.07, 6.45) is 15.4. The van der Waals surface area contributed by atoms with Crippen LogP contribution < -0.4 is 4.74 Å². The Kier molecular flexibility index (Phi) is 12.6. The number of hydrogen-bond donors (Lipinski definition) is 1. The molecule has 0 aliphatic rings. The Morgan fingerprint density at radius 3 is 2.03 bits per heavy atom. The molecule has 0 fully saturated rings. The van der Waals surface area contributed by atoms with E-state index in [4.69, 9.17) is 4.74 Å². The summed E-state index contributed by atoms with van der Waals surface area (Å²) in [6, 6.07) is 12.9. The van der Waals surface area contributed by atoms with Crippen molar-refractivity contribution >= 4 is 11.5 Å². The highest BCUT2D eigenvalue weighted by atomic mass is 16.6. The van der Waals surface area contributed by atoms with Gasteiger partial charge in [-0.25, -0.2) is 0 Å². The third-order valence-corrected chi connectivity index (χ3v) is 5.77. The van der Waals surface area contributed by atoms with Gasteiger partial charge in [0, 0.05) is 17.7 Å². The Bertz CT molecular complexity index is 890. The number of carbonyl (C=O) groups is 1. The standard InChI is InChI=1S/C28H37NO5/c1-2-3-4-5-6-7-8-9-10-11-12-23-13-19-26(20-14-23)34-28(31)22-21-27(30)24-15-17-25(18-16-24)29(32)33/h13-22,28,31H,2-12H2,1H3. The molecule has 0 saturated carbocycles. The summed E-state index contributed by atoms with van der Waals surface area (Å²) >= 11 is 0. The minimum absolute atomic E-state index is 0.0829. The highest BCUT2D eigenvalue weighted by molar-refractivity contribution is 6.04. The van der Waals surface area contributed by atoms with Crippen molar-refractivity contribution in [3.05, 3.63) is 81.9 Å². The van der Waals surface area contributed by atoms with Gasteiger partial charge < -0.3 is 9.84 Å². The Balaban J connectivity index is 1.64. The van der Waals surface area contributed by atoms with Crippen LogP contribution in [-0.2, 0) is 6.42 Å². The van der Waals surface area contributed by atoms with E-state index in [9.17, 15) is 20.0 Å². The quantitative estimate of drug-likeness (QED) is 0.0664. The van der Waals surface area contributed by atoms with Gasteiger partial charge in [0.1, 0.15) is 5.75 Å². The maximum Gasteiger partial charge on any atom is 0.269 e. The predicted octanol–water partition coefficient (Wildman–Crippen LogP) is 7.19. The van der Waals surface area contributed by atoms with E-state index in [1.54, 1.807) is 0 Å². The van der Waals surface area contributed by atoms with E-state index in [1.807, 2.05) is 24.3 Å². The second kappa shape index (κ2) is 15.8. The van der Waals surface area contributed by atoms with Crippen molar-refractivity contribution in [1.29, 1.82) is 0 Å². The minimum Gasteiger partial charge on any atom is -0.461 e. The van der Waals surface area contributed by atoms with Gasteiger partial charge in [-0.05, 0) is 54.8 Å². The predicted molar refractivity (Wildman–Crippen MR) is 135 cm³/mol. The van der Waals surface area contributed by atoms with Crippen LogP contribution in [0.15, 0.2) is 60.7 Å². The average Bonchev–Trinajstić information content (AvgIpc) is 2.84. The number of unbranched alkanes of at least 4 members (excludes halogenated alkanes) is 9. The van der Waals surface area contributed by atoms with E-state index in [0.717, 1.165) is 6.42 Å². The van der Waals surface area contributed by atoms with E-state index < -0.39 is 11.2 Å². The number of nitro benzene ring substituents is 1. The highest BCUT2D eigenvalue weighted by Crippen LogP contribution is 2.17. The lowest BCUT2D eigenvalue weighted by molar-refractivity contribution is -0.384. The fourth-order valence-electron chi connectivity index (χ4n) is 3.74. The topological polar surface area (TPSA) is 89.7 Å². The van der Waals surface area contributed by atoms with Gasteiger partial charge in [0.05, 0.1) is 4.92 Å². The molecule has 1 N–H and O–H groups in total. The number of aryl methyl sites for hydroxylation is 1. The zero-order valence-corrected chi connectivity index (χ0v) is 20.2. The first kappa shape index (κ1) is 27.3. The van der Waals surface area contributed by atoms with Crippen LogP contribution in [0.2, 0.25) is 0 Å². The molecule has 1 unspecified atom stereocenters. The molecule has 0 amide bonds. The van der Waals surface area contributed by atoms with Crippen LogP contribution in [-0.4, -0.2) is 22.1 Å². The fraction of sp³-hybridized carbons (Fsp3) is 0.464. The summed E-state index contributed by atoms with van der Waals surface area (Å²) in [5.74, 6) is 0.149. The Labute approximate surface area is 202 Å². The number of aliphatic hydroxyl groups excluding tert-OH is 1. The van der Waals surface area contributed by atoms with Gasteiger partial charge in [0.25, 0.3) is 5.69 Å². The first-order chi connectivity index (χ1) is 16.5. The van der Waals surface area contributed by atoms with Crippen molar-refractivity contribution in [3.8, 4) is 5.75 Å². The molecule has 1 atom stereocenters. The molecule has 0 aliphatic heterocycles. The van der Waals surface area contributed by atoms with E-state index >= 15 is 0 Å². The summed E-state index contributed by atoms with van der Waals surface area (Å²) in [5, 5.41) is 20.7. The van der Waals surface area contributed by atoms with E-state index in [-0.39, 0.29) is 11.5 Å². The Hall–Kier alpha value is -2.99. The zero-order valence-electron chi connectivity index (χ0n) is 20.2. The fourth-order valence-corrected chi connectivity index (χ4v) is 3.74. The van der Waals surface area contributed by atoms with Crippen LogP contribution in [0.25, 0.3) is 0 Å². The number of rotatable bonds is 17. The number of nitro groups is 1. The van der Waals surface area contributed by atoms with E-state index in [2.05, 4.69) is 6.92 Å². The zero-order chi connectivity index (χ0) is 24.6. The van der Waals surface area contributed by atoms with Crippen molar-refractivity contribution in [1.82, 2.24) is 0 Å². The SMILES string of the molecule is CCCCCCCCCCCCc1ccc(OC(O)C=CC(=O)c2ccc([N+](=O)[O-])cc2)cc1. The molecule has 6 nitrogen and oxygen atoms in total. The number of allylic oxidation sites excluding steroid dienone is 1. The first-order valence-electron chi connectivity index (χ1n) is 12.4. The molecule has 0 bridgehead atoms. The van der Waals surface area contributed by atoms with Crippen molar-refractivity contribution in [3.63, 3.8) is 0 Å². The van der Waals surface area contributed by atoms with Gasteiger partial charge >= 0.3 is 0 Å². The van der Waals surface area contributed by atoms with Crippen molar-refractivity contribution < 1.29 is 19.6 Å². The van der Waals surface area contributed by atoms with Crippen molar-refractivity contribution in [2.24, 2.45) is 0 Å². The van der Waals surface area contributed by atoms with Gasteiger partial charge in [-0.2, -0.15) is 0 Å². The minimum atomic E-state index is -1.27. The molecule has 0 saturated heterocycles. The van der Waals surface area contributed by atoms with Crippen molar-refractivity contribution in [2.45, 2.75) is 83.8 Å². The number of aliphatic hydroxyl groups is 1. The van der Waals surface area contributed by atoms with Crippen LogP contribution in [0.4, 0.5) is 5.69 Å². The lowest BCUT2D eigenvalue weighted by atomic mass is 10.0. The number of non-ortho nitro benzene ring substituents is 1. The van der Waals surface area contributed by atoms with Crippen LogP contribution in [0, 0.1) is 10.1 Å². The van der Waals surface area contributed by atoms with Gasteiger partial charge in [0.15, 0.2) is 5.78 Å². The average molecular weight is 468 g/mol. The smallest absolute Gasteiger partial charge is 0.269 e. The monoisotopic (exact) mass is 467 g/mol. The molecule has 6 heteroatoms. The molecule has 34 heavy (non-hydrogen) atoms. The molecular formula is C28H37NO5. The van der Waals surface area contributed by atoms with Crippen LogP contribution >= 0.6 is 0 Å². The molecule has 0 heterocycles. The summed E-state index contributed by atoms with van der Waals surface area (Å²) in [5.41, 5.74) is 1.45. The van der Waals surface area contributed by atoms with Gasteiger partial charge in [-0.15, -0.1) is 0 Å². The number of benzene rings is 2. The molecule has 2 rings (SSSR count). The second-order valence-electron chi connectivity index (χ2n) is 8.61. The number of nitrogens with zero attached hydrogens (tertiary/aromatic N) is 1. The molecule has 184 valence electrons. The molecule has 0 aromatic heterocycles. The number of ether oxygens (including phenoxy) is 1. The third kappa shape index (κ3) is 10.8. The van der Waals surface area contributed by atoms with Crippen molar-refractivity contribution in [2.75, 3.05) is 0 Å². The molecule has 0 radical (unpaired) electrons. The molecular weight excluding hydrogens is 430 g/mol. The summed E-state index contributed by atoms with van der Waals surface area (Å²) < 4.78 is 5.44. The third-order valence-electron chi connectivity index (χ3n) is 5.77. The summed E-state index contributed by atoms with van der Waals surface area (Å²) in [7, 11) is 0. The highest BCUT2D eigenvalue weighted by Gasteiger charge is 2.08. The lowest BCUT2D eigenvalue weighted by Gasteiger charge is -2.10. The first-order valence-corrected chi connectivity index (χ1v) is 12.4. The van der Waals surface area contributed by atoms with Crippen LogP contribution in [0.5, 0.6) is 5.75 Å². The number of ketones is 1. The summed E-state index contributed by atoms with van der Waals surface area (Å²) in [6.45, 7) is 2.25. The van der Waals surface area contributed by atoms with E-state index in [1.165, 1.54) is 106 Å². The van der Waals surface area contributed by atoms with Gasteiger partial charge in [-0.1, -0.05) is 76.8 Å². The number of hydrogen-bond acceptors (Lipinski definition) is 5. The molecule has 0 spiro atoms. The van der Waals surface area contributed by atoms with Gasteiger partial charge in [-0.3, -0.25) is 14.9 Å². The lowest BCUT2D eigenvalue weighted by Crippen LogP contribution is -2.12. The second-order valence-corrected chi connectivity index (χ2v) is 8.61. The van der Waals surface area contributed by atoms with E-state index in [0.29, 0.717) is 11.3 Å². The maximum atomic E-state index is 12.1. The maximum absolute atomic E-state index is 12.1. The van der Waals surface area contributed by atoms with Crippen LogP contribution in [0.3, 0.4) is 0 Å². The normalized spacial score (nSPS) is 12.1. The molecule has 2 aromatic carbocycles. The van der Waals surface area contributed by atoms with Gasteiger partial charge in [0.2, 0.25) is 6.29 Å². The summed E-state index contributed by atoms with van der Waals surface area (Å²) in [4.78, 5) is 22.3. The molecule has 2 aromatic rings. The Morgan fingerprint density at radius 1 is 0.912 bits per heavy atom. The number of carbonyl (C=O) groups excluding carboxylic acids is 1. The molecule has 0 aliphatic carbocycles. The Morgan fingerprint density at radius 2 is 1.47 bits per heavy atom.